The van der Waals surface area contributed by atoms with Crippen molar-refractivity contribution in [2.24, 2.45) is 4.99 Å². The molecule has 1 saturated carbocycles. The average molecular weight is 495 g/mol. The Morgan fingerprint density at radius 3 is 2.92 bits per heavy atom. The van der Waals surface area contributed by atoms with Crippen LogP contribution in [0.4, 0.5) is 4.39 Å². The first kappa shape index (κ1) is 20.4. The predicted molar refractivity (Wildman–Crippen MR) is 113 cm³/mol. The summed E-state index contributed by atoms with van der Waals surface area (Å²) in [5, 5.41) is 8.10. The number of rotatable bonds is 5. The summed E-state index contributed by atoms with van der Waals surface area (Å²) in [6, 6.07) is 4.96. The number of halogens is 3. The normalized spacial score (nSPS) is 19.3. The highest BCUT2D eigenvalue weighted by molar-refractivity contribution is 14.0. The number of guanidine groups is 1. The van der Waals surface area contributed by atoms with Crippen LogP contribution in [0, 0.1) is 5.82 Å². The van der Waals surface area contributed by atoms with Crippen LogP contribution in [0.1, 0.15) is 34.7 Å². The molecule has 2 aromatic rings. The maximum atomic E-state index is 14.0. The highest BCUT2D eigenvalue weighted by Gasteiger charge is 2.41. The van der Waals surface area contributed by atoms with Gasteiger partial charge in [-0.15, -0.1) is 35.3 Å². The zero-order valence-electron chi connectivity index (χ0n) is 14.1. The second-order valence-electron chi connectivity index (χ2n) is 5.73. The van der Waals surface area contributed by atoms with Crippen LogP contribution in [0.2, 0.25) is 5.02 Å². The summed E-state index contributed by atoms with van der Waals surface area (Å²) in [6.07, 6.45) is 3.76. The minimum Gasteiger partial charge on any atom is -0.353 e. The van der Waals surface area contributed by atoms with Crippen LogP contribution in [0.15, 0.2) is 29.4 Å². The minimum absolute atomic E-state index is 0. The predicted octanol–water partition coefficient (Wildman–Crippen LogP) is 4.34. The second kappa shape index (κ2) is 9.14. The van der Waals surface area contributed by atoms with E-state index in [2.05, 4.69) is 27.5 Å². The summed E-state index contributed by atoms with van der Waals surface area (Å²) in [5.74, 6) is 0.543. The number of nitrogens with one attached hydrogen (secondary N) is 2. The Kier molecular flexibility index (Phi) is 7.45. The molecule has 2 atom stereocenters. The van der Waals surface area contributed by atoms with Gasteiger partial charge in [0.25, 0.3) is 0 Å². The molecule has 0 aliphatic heterocycles. The van der Waals surface area contributed by atoms with Crippen LogP contribution in [-0.4, -0.2) is 24.0 Å². The SMILES string of the molecule is CCc1cnc(CNC(=NC)NC2CC2c2c(F)cccc2Cl)s1.I. The highest BCUT2D eigenvalue weighted by atomic mass is 127. The van der Waals surface area contributed by atoms with E-state index in [0.29, 0.717) is 23.1 Å². The van der Waals surface area contributed by atoms with Gasteiger partial charge in [-0.1, -0.05) is 24.6 Å². The molecule has 25 heavy (non-hydrogen) atoms. The third kappa shape index (κ3) is 5.04. The summed E-state index contributed by atoms with van der Waals surface area (Å²) in [5.41, 5.74) is 0.597. The molecule has 1 aliphatic rings. The standard InChI is InChI=1S/C17H20ClFN4S.HI/c1-3-10-8-21-15(24-10)9-22-17(20-2)23-14-7-11(14)16-12(18)5-4-6-13(16)19;/h4-6,8,11,14H,3,7,9H2,1-2H3,(H2,20,22,23);1H. The lowest BCUT2D eigenvalue weighted by Crippen LogP contribution is -2.38. The van der Waals surface area contributed by atoms with E-state index in [-0.39, 0.29) is 41.8 Å². The first-order valence-electron chi connectivity index (χ1n) is 7.97. The number of aromatic nitrogens is 1. The molecule has 1 fully saturated rings. The number of thiazole rings is 1. The van der Waals surface area contributed by atoms with Crippen LogP contribution < -0.4 is 10.6 Å². The number of aryl methyl sites for hydroxylation is 1. The van der Waals surface area contributed by atoms with Gasteiger partial charge in [0.2, 0.25) is 0 Å². The second-order valence-corrected chi connectivity index (χ2v) is 7.33. The first-order chi connectivity index (χ1) is 11.6. The fourth-order valence-electron chi connectivity index (χ4n) is 2.66. The fourth-order valence-corrected chi connectivity index (χ4v) is 3.77. The minimum atomic E-state index is -0.241. The van der Waals surface area contributed by atoms with Crippen LogP contribution in [0.3, 0.4) is 0 Å². The van der Waals surface area contributed by atoms with Crippen molar-refractivity contribution in [2.45, 2.75) is 38.3 Å². The molecule has 1 aromatic heterocycles. The highest BCUT2D eigenvalue weighted by Crippen LogP contribution is 2.44. The third-order valence-corrected chi connectivity index (χ3v) is 5.53. The fraction of sp³-hybridized carbons (Fsp3) is 0.412. The van der Waals surface area contributed by atoms with E-state index in [9.17, 15) is 4.39 Å². The van der Waals surface area contributed by atoms with Crippen LogP contribution in [0.25, 0.3) is 0 Å². The summed E-state index contributed by atoms with van der Waals surface area (Å²) in [4.78, 5) is 9.88. The van der Waals surface area contributed by atoms with Gasteiger partial charge in [0, 0.05) is 40.7 Å². The van der Waals surface area contributed by atoms with Crippen molar-refractivity contribution in [3.8, 4) is 0 Å². The summed E-state index contributed by atoms with van der Waals surface area (Å²) in [6.45, 7) is 2.74. The molecule has 1 aliphatic carbocycles. The molecule has 0 bridgehead atoms. The smallest absolute Gasteiger partial charge is 0.191 e. The molecule has 8 heteroatoms. The quantitative estimate of drug-likeness (QED) is 0.369. The zero-order valence-corrected chi connectivity index (χ0v) is 18.0. The van der Waals surface area contributed by atoms with E-state index in [1.807, 2.05) is 6.20 Å². The monoisotopic (exact) mass is 494 g/mol. The van der Waals surface area contributed by atoms with Crippen LogP contribution >= 0.6 is 46.9 Å². The van der Waals surface area contributed by atoms with E-state index in [4.69, 9.17) is 11.6 Å². The van der Waals surface area contributed by atoms with E-state index in [1.165, 1.54) is 10.9 Å². The number of hydrogen-bond acceptors (Lipinski definition) is 3. The van der Waals surface area contributed by atoms with E-state index < -0.39 is 0 Å². The molecular weight excluding hydrogens is 474 g/mol. The van der Waals surface area contributed by atoms with Gasteiger partial charge in [-0.2, -0.15) is 0 Å². The molecular formula is C17H21ClFIN4S. The molecule has 2 N–H and O–H groups in total. The maximum absolute atomic E-state index is 14.0. The molecule has 0 amide bonds. The number of hydrogen-bond donors (Lipinski definition) is 2. The Hall–Kier alpha value is -0.930. The zero-order chi connectivity index (χ0) is 17.1. The lowest BCUT2D eigenvalue weighted by Gasteiger charge is -2.11. The van der Waals surface area contributed by atoms with Gasteiger partial charge in [-0.25, -0.2) is 9.37 Å². The van der Waals surface area contributed by atoms with Crippen molar-refractivity contribution >= 4 is 52.9 Å². The van der Waals surface area contributed by atoms with Gasteiger partial charge < -0.3 is 10.6 Å². The molecule has 1 heterocycles. The lowest BCUT2D eigenvalue weighted by atomic mass is 10.1. The van der Waals surface area contributed by atoms with Crippen molar-refractivity contribution in [3.63, 3.8) is 0 Å². The van der Waals surface area contributed by atoms with E-state index >= 15 is 0 Å². The Morgan fingerprint density at radius 2 is 2.28 bits per heavy atom. The summed E-state index contributed by atoms with van der Waals surface area (Å²) in [7, 11) is 1.72. The summed E-state index contributed by atoms with van der Waals surface area (Å²) < 4.78 is 14.0. The van der Waals surface area contributed by atoms with Crippen molar-refractivity contribution in [2.75, 3.05) is 7.05 Å². The summed E-state index contributed by atoms with van der Waals surface area (Å²) >= 11 is 7.83. The van der Waals surface area contributed by atoms with Crippen LogP contribution in [0.5, 0.6) is 0 Å². The van der Waals surface area contributed by atoms with Crippen molar-refractivity contribution in [3.05, 3.63) is 50.7 Å². The Labute approximate surface area is 173 Å². The van der Waals surface area contributed by atoms with E-state index in [0.717, 1.165) is 17.8 Å². The molecule has 136 valence electrons. The van der Waals surface area contributed by atoms with Gasteiger partial charge in [0.1, 0.15) is 10.8 Å². The topological polar surface area (TPSA) is 49.3 Å². The number of aliphatic imine (C=N–C) groups is 1. The van der Waals surface area contributed by atoms with Gasteiger partial charge in [0.05, 0.1) is 6.54 Å². The van der Waals surface area contributed by atoms with Gasteiger partial charge in [-0.3, -0.25) is 4.99 Å². The maximum Gasteiger partial charge on any atom is 0.191 e. The number of benzene rings is 1. The number of nitrogens with zero attached hydrogens (tertiary/aromatic N) is 2. The molecule has 0 radical (unpaired) electrons. The van der Waals surface area contributed by atoms with Crippen molar-refractivity contribution in [1.29, 1.82) is 0 Å². The Morgan fingerprint density at radius 1 is 1.48 bits per heavy atom. The molecule has 0 spiro atoms. The van der Waals surface area contributed by atoms with Crippen LogP contribution in [-0.2, 0) is 13.0 Å². The molecule has 3 rings (SSSR count). The van der Waals surface area contributed by atoms with Crippen molar-refractivity contribution < 1.29 is 4.39 Å². The van der Waals surface area contributed by atoms with Crippen molar-refractivity contribution in [1.82, 2.24) is 15.6 Å². The molecule has 1 aromatic carbocycles. The Balaban J connectivity index is 0.00000225. The molecule has 0 saturated heterocycles. The first-order valence-corrected chi connectivity index (χ1v) is 9.16. The molecule has 2 unspecified atom stereocenters. The molecule has 4 nitrogen and oxygen atoms in total. The average Bonchev–Trinajstić information content (AvgIpc) is 3.15. The third-order valence-electron chi connectivity index (χ3n) is 4.06. The Bertz CT molecular complexity index is 732. The van der Waals surface area contributed by atoms with E-state index in [1.54, 1.807) is 30.5 Å². The van der Waals surface area contributed by atoms with Gasteiger partial charge >= 0.3 is 0 Å². The lowest BCUT2D eigenvalue weighted by molar-refractivity contribution is 0.608. The van der Waals surface area contributed by atoms with Gasteiger partial charge in [0.15, 0.2) is 5.96 Å². The van der Waals surface area contributed by atoms with Gasteiger partial charge in [-0.05, 0) is 25.0 Å². The largest absolute Gasteiger partial charge is 0.353 e.